The second-order valence-electron chi connectivity index (χ2n) is 9.97. The summed E-state index contributed by atoms with van der Waals surface area (Å²) < 4.78 is 1.69. The summed E-state index contributed by atoms with van der Waals surface area (Å²) in [4.78, 5) is 34.8. The SMILES string of the molecule is CN1CCN(c2ccc(Nc3ncc4ccc(=O)n(Cc5cnc(C6CCCC6)[nH]5)c4n3)cc2)CC1. The molecule has 6 rings (SSSR count). The summed E-state index contributed by atoms with van der Waals surface area (Å²) >= 11 is 0. The summed E-state index contributed by atoms with van der Waals surface area (Å²) in [6.07, 6.45) is 8.49. The van der Waals surface area contributed by atoms with Crippen molar-refractivity contribution >= 4 is 28.4 Å². The highest BCUT2D eigenvalue weighted by Gasteiger charge is 2.20. The van der Waals surface area contributed by atoms with Crippen molar-refractivity contribution in [1.29, 1.82) is 0 Å². The molecule has 4 heterocycles. The first-order valence-electron chi connectivity index (χ1n) is 12.8. The van der Waals surface area contributed by atoms with Crippen LogP contribution in [0.5, 0.6) is 0 Å². The van der Waals surface area contributed by atoms with Crippen LogP contribution < -0.4 is 15.8 Å². The number of imidazole rings is 1. The van der Waals surface area contributed by atoms with E-state index in [1.165, 1.54) is 31.4 Å². The minimum atomic E-state index is -0.0966. The minimum Gasteiger partial charge on any atom is -0.369 e. The van der Waals surface area contributed by atoms with E-state index in [9.17, 15) is 4.79 Å². The molecule has 9 heteroatoms. The average molecular weight is 485 g/mol. The van der Waals surface area contributed by atoms with Gasteiger partial charge in [-0.3, -0.25) is 9.36 Å². The Kier molecular flexibility index (Phi) is 6.14. The first-order valence-corrected chi connectivity index (χ1v) is 12.8. The van der Waals surface area contributed by atoms with Gasteiger partial charge in [-0.05, 0) is 50.2 Å². The van der Waals surface area contributed by atoms with Crippen molar-refractivity contribution in [2.24, 2.45) is 0 Å². The fourth-order valence-corrected chi connectivity index (χ4v) is 5.27. The number of fused-ring (bicyclic) bond motifs is 1. The Bertz CT molecular complexity index is 1400. The first kappa shape index (κ1) is 22.7. The zero-order valence-corrected chi connectivity index (χ0v) is 20.7. The second-order valence-corrected chi connectivity index (χ2v) is 9.97. The van der Waals surface area contributed by atoms with E-state index in [0.29, 0.717) is 24.1 Å². The molecule has 1 aliphatic carbocycles. The van der Waals surface area contributed by atoms with E-state index in [1.54, 1.807) is 22.9 Å². The number of nitrogens with one attached hydrogen (secondary N) is 2. The van der Waals surface area contributed by atoms with Crippen LogP contribution in [0.1, 0.15) is 43.1 Å². The Morgan fingerprint density at radius 1 is 0.972 bits per heavy atom. The van der Waals surface area contributed by atoms with Gasteiger partial charge in [-0.25, -0.2) is 9.97 Å². The van der Waals surface area contributed by atoms with Crippen LogP contribution >= 0.6 is 0 Å². The van der Waals surface area contributed by atoms with Crippen LogP contribution in [-0.2, 0) is 6.54 Å². The number of anilines is 3. The van der Waals surface area contributed by atoms with Crippen molar-refractivity contribution in [3.8, 4) is 0 Å². The molecule has 4 aromatic rings. The molecule has 0 amide bonds. The third-order valence-corrected chi connectivity index (χ3v) is 7.43. The van der Waals surface area contributed by atoms with Gasteiger partial charge in [-0.2, -0.15) is 4.98 Å². The lowest BCUT2D eigenvalue weighted by Gasteiger charge is -2.34. The Morgan fingerprint density at radius 3 is 2.53 bits per heavy atom. The number of hydrogen-bond acceptors (Lipinski definition) is 7. The summed E-state index contributed by atoms with van der Waals surface area (Å²) in [6.45, 7) is 4.62. The van der Waals surface area contributed by atoms with E-state index in [1.807, 2.05) is 6.20 Å². The average Bonchev–Trinajstić information content (AvgIpc) is 3.59. The summed E-state index contributed by atoms with van der Waals surface area (Å²) in [5, 5.41) is 4.12. The minimum absolute atomic E-state index is 0.0966. The van der Waals surface area contributed by atoms with Gasteiger partial charge >= 0.3 is 0 Å². The molecule has 1 aliphatic heterocycles. The molecule has 0 spiro atoms. The van der Waals surface area contributed by atoms with E-state index in [4.69, 9.17) is 4.98 Å². The normalized spacial score (nSPS) is 17.2. The molecule has 36 heavy (non-hydrogen) atoms. The molecule has 1 saturated heterocycles. The molecular formula is C27H32N8O. The van der Waals surface area contributed by atoms with E-state index < -0.39 is 0 Å². The van der Waals surface area contributed by atoms with Crippen LogP contribution in [0.4, 0.5) is 17.3 Å². The fourth-order valence-electron chi connectivity index (χ4n) is 5.27. The third kappa shape index (κ3) is 4.70. The number of H-pyrrole nitrogens is 1. The fraction of sp³-hybridized carbons (Fsp3) is 0.407. The van der Waals surface area contributed by atoms with Crippen LogP contribution in [0.3, 0.4) is 0 Å². The van der Waals surface area contributed by atoms with Gasteiger partial charge in [-0.1, -0.05) is 12.8 Å². The molecule has 0 unspecified atom stereocenters. The van der Waals surface area contributed by atoms with Crippen molar-refractivity contribution in [3.63, 3.8) is 0 Å². The third-order valence-electron chi connectivity index (χ3n) is 7.43. The summed E-state index contributed by atoms with van der Waals surface area (Å²) in [5.41, 5.74) is 3.55. The van der Waals surface area contributed by atoms with E-state index >= 15 is 0 Å². The maximum atomic E-state index is 12.8. The van der Waals surface area contributed by atoms with Gasteiger partial charge in [0.05, 0.1) is 18.4 Å². The van der Waals surface area contributed by atoms with Crippen LogP contribution in [0.15, 0.2) is 53.6 Å². The van der Waals surface area contributed by atoms with Crippen molar-refractivity contribution in [1.82, 2.24) is 29.4 Å². The van der Waals surface area contributed by atoms with Gasteiger partial charge < -0.3 is 20.1 Å². The van der Waals surface area contributed by atoms with E-state index in [2.05, 4.69) is 61.4 Å². The zero-order chi connectivity index (χ0) is 24.5. The lowest BCUT2D eigenvalue weighted by Crippen LogP contribution is -2.44. The number of aromatic amines is 1. The lowest BCUT2D eigenvalue weighted by atomic mass is 10.1. The Morgan fingerprint density at radius 2 is 1.75 bits per heavy atom. The monoisotopic (exact) mass is 484 g/mol. The van der Waals surface area contributed by atoms with Crippen molar-refractivity contribution < 1.29 is 0 Å². The summed E-state index contributed by atoms with van der Waals surface area (Å²) in [5.74, 6) is 2.00. The Labute approximate surface area is 210 Å². The molecule has 186 valence electrons. The molecule has 2 aliphatic rings. The molecule has 1 aromatic carbocycles. The number of piperazine rings is 1. The largest absolute Gasteiger partial charge is 0.369 e. The van der Waals surface area contributed by atoms with Gasteiger partial charge in [0.25, 0.3) is 5.56 Å². The van der Waals surface area contributed by atoms with Gasteiger partial charge in [0.2, 0.25) is 5.95 Å². The summed E-state index contributed by atoms with van der Waals surface area (Å²) in [7, 11) is 2.16. The lowest BCUT2D eigenvalue weighted by molar-refractivity contribution is 0.313. The van der Waals surface area contributed by atoms with E-state index in [-0.39, 0.29) is 5.56 Å². The highest BCUT2D eigenvalue weighted by atomic mass is 16.1. The van der Waals surface area contributed by atoms with Crippen molar-refractivity contribution in [2.45, 2.75) is 38.1 Å². The van der Waals surface area contributed by atoms with Crippen LogP contribution in [-0.4, -0.2) is 62.6 Å². The molecule has 1 saturated carbocycles. The molecule has 0 radical (unpaired) electrons. The smallest absolute Gasteiger partial charge is 0.252 e. The van der Waals surface area contributed by atoms with Gasteiger partial charge in [-0.15, -0.1) is 0 Å². The highest BCUT2D eigenvalue weighted by Crippen LogP contribution is 2.32. The quantitative estimate of drug-likeness (QED) is 0.431. The predicted octanol–water partition coefficient (Wildman–Crippen LogP) is 3.72. The molecule has 9 nitrogen and oxygen atoms in total. The number of nitrogens with zero attached hydrogens (tertiary/aromatic N) is 6. The molecule has 0 bridgehead atoms. The number of rotatable bonds is 6. The van der Waals surface area contributed by atoms with Crippen molar-refractivity contribution in [3.05, 3.63) is 70.7 Å². The molecule has 2 fully saturated rings. The highest BCUT2D eigenvalue weighted by molar-refractivity contribution is 5.75. The standard InChI is InChI=1S/C27H32N8O/c1-33-12-14-34(15-13-33)23-9-7-21(8-10-23)31-27-29-16-20-6-11-24(36)35(26(20)32-27)18-22-17-28-25(30-22)19-4-2-3-5-19/h6-11,16-17,19H,2-5,12-15,18H2,1H3,(H,28,30)(H,29,31,32). The van der Waals surface area contributed by atoms with Gasteiger partial charge in [0, 0.05) is 61.1 Å². The Balaban J connectivity index is 1.22. The van der Waals surface area contributed by atoms with Crippen LogP contribution in [0.2, 0.25) is 0 Å². The first-order chi connectivity index (χ1) is 17.6. The summed E-state index contributed by atoms with van der Waals surface area (Å²) in [6, 6.07) is 11.7. The number of hydrogen-bond donors (Lipinski definition) is 2. The van der Waals surface area contributed by atoms with Gasteiger partial charge in [0.15, 0.2) is 0 Å². The maximum Gasteiger partial charge on any atom is 0.252 e. The molecule has 0 atom stereocenters. The predicted molar refractivity (Wildman–Crippen MR) is 142 cm³/mol. The molecular weight excluding hydrogens is 452 g/mol. The molecule has 2 N–H and O–H groups in total. The Hall–Kier alpha value is -3.72. The van der Waals surface area contributed by atoms with Crippen LogP contribution in [0.25, 0.3) is 11.0 Å². The van der Waals surface area contributed by atoms with E-state index in [0.717, 1.165) is 48.8 Å². The molecule has 3 aromatic heterocycles. The van der Waals surface area contributed by atoms with Crippen LogP contribution in [0, 0.1) is 0 Å². The van der Waals surface area contributed by atoms with Gasteiger partial charge in [0.1, 0.15) is 11.5 Å². The number of aromatic nitrogens is 5. The number of likely N-dealkylation sites (N-methyl/N-ethyl adjacent to an activating group) is 1. The van der Waals surface area contributed by atoms with Crippen molar-refractivity contribution in [2.75, 3.05) is 43.4 Å². The number of benzene rings is 1. The zero-order valence-electron chi connectivity index (χ0n) is 20.7. The number of pyridine rings is 1. The second kappa shape index (κ2) is 9.73. The maximum absolute atomic E-state index is 12.8. The topological polar surface area (TPSA) is 95.0 Å².